The van der Waals surface area contributed by atoms with Crippen LogP contribution in [0.2, 0.25) is 5.02 Å². The Hall–Kier alpha value is -2.79. The summed E-state index contributed by atoms with van der Waals surface area (Å²) in [6, 6.07) is 16.4. The Morgan fingerprint density at radius 2 is 2.00 bits per heavy atom. The maximum Gasteiger partial charge on any atom is 0.230 e. The van der Waals surface area contributed by atoms with E-state index in [0.29, 0.717) is 27.9 Å². The van der Waals surface area contributed by atoms with Crippen LogP contribution < -0.4 is 10.1 Å². The minimum absolute atomic E-state index is 0.0893. The van der Waals surface area contributed by atoms with Crippen LogP contribution in [0.15, 0.2) is 59.1 Å². The second-order valence-corrected chi connectivity index (χ2v) is 5.55. The van der Waals surface area contributed by atoms with Crippen molar-refractivity contribution in [2.24, 2.45) is 0 Å². The predicted molar refractivity (Wildman–Crippen MR) is 92.3 cm³/mol. The lowest BCUT2D eigenvalue weighted by Gasteiger charge is -2.09. The highest BCUT2D eigenvalue weighted by Crippen LogP contribution is 2.28. The number of aromatic nitrogens is 1. The zero-order valence-corrected chi connectivity index (χ0v) is 13.7. The maximum absolute atomic E-state index is 12.2. The number of anilines is 1. The van der Waals surface area contributed by atoms with E-state index < -0.39 is 0 Å². The number of ether oxygens (including phenoxy) is 1. The third-order valence-electron chi connectivity index (χ3n) is 3.39. The molecular formula is C18H15ClN2O3. The molecule has 0 unspecified atom stereocenters. The Balaban J connectivity index is 1.70. The van der Waals surface area contributed by atoms with Crippen LogP contribution in [0.25, 0.3) is 11.3 Å². The van der Waals surface area contributed by atoms with Crippen molar-refractivity contribution in [1.82, 2.24) is 5.16 Å². The first-order chi connectivity index (χ1) is 11.7. The highest BCUT2D eigenvalue weighted by atomic mass is 35.5. The van der Waals surface area contributed by atoms with Crippen molar-refractivity contribution in [3.63, 3.8) is 0 Å². The molecule has 5 nitrogen and oxygen atoms in total. The number of amides is 1. The number of carbonyl (C=O) groups is 1. The third kappa shape index (κ3) is 3.75. The number of hydrogen-bond donors (Lipinski definition) is 1. The predicted octanol–water partition coefficient (Wildman–Crippen LogP) is 4.18. The van der Waals surface area contributed by atoms with E-state index in [2.05, 4.69) is 10.5 Å². The molecule has 0 radical (unpaired) electrons. The van der Waals surface area contributed by atoms with E-state index >= 15 is 0 Å². The van der Waals surface area contributed by atoms with E-state index in [1.165, 1.54) is 7.11 Å². The van der Waals surface area contributed by atoms with Gasteiger partial charge in [-0.1, -0.05) is 47.1 Å². The number of nitrogens with one attached hydrogen (secondary N) is 1. The van der Waals surface area contributed by atoms with Crippen LogP contribution in [0.3, 0.4) is 0 Å². The molecule has 1 amide bonds. The molecule has 3 aromatic rings. The number of benzene rings is 2. The number of halogens is 1. The summed E-state index contributed by atoms with van der Waals surface area (Å²) in [6.45, 7) is 0. The number of methoxy groups -OCH3 is 1. The van der Waals surface area contributed by atoms with Crippen LogP contribution in [0.1, 0.15) is 5.69 Å². The van der Waals surface area contributed by atoms with Crippen molar-refractivity contribution in [2.45, 2.75) is 6.42 Å². The van der Waals surface area contributed by atoms with Gasteiger partial charge in [-0.25, -0.2) is 0 Å². The zero-order chi connectivity index (χ0) is 16.9. The summed E-state index contributed by atoms with van der Waals surface area (Å²) in [7, 11) is 1.53. The number of carbonyl (C=O) groups excluding carboxylic acids is 1. The minimum Gasteiger partial charge on any atom is -0.495 e. The Labute approximate surface area is 144 Å². The number of hydrogen-bond acceptors (Lipinski definition) is 4. The van der Waals surface area contributed by atoms with Gasteiger partial charge in [-0.2, -0.15) is 0 Å². The molecule has 3 rings (SSSR count). The lowest BCUT2D eigenvalue weighted by molar-refractivity contribution is -0.115. The zero-order valence-electron chi connectivity index (χ0n) is 13.0. The lowest BCUT2D eigenvalue weighted by Crippen LogP contribution is -2.15. The first-order valence-corrected chi connectivity index (χ1v) is 7.68. The summed E-state index contributed by atoms with van der Waals surface area (Å²) in [5.74, 6) is 0.931. The molecular weight excluding hydrogens is 328 g/mol. The minimum atomic E-state index is -0.233. The van der Waals surface area contributed by atoms with Gasteiger partial charge in [0.2, 0.25) is 5.91 Å². The van der Waals surface area contributed by atoms with Crippen molar-refractivity contribution < 1.29 is 14.1 Å². The highest BCUT2D eigenvalue weighted by Gasteiger charge is 2.13. The number of rotatable bonds is 5. The van der Waals surface area contributed by atoms with Gasteiger partial charge in [0.25, 0.3) is 0 Å². The Morgan fingerprint density at radius 1 is 1.21 bits per heavy atom. The molecule has 0 bridgehead atoms. The van der Waals surface area contributed by atoms with Crippen molar-refractivity contribution in [3.8, 4) is 17.1 Å². The summed E-state index contributed by atoms with van der Waals surface area (Å²) in [6.07, 6.45) is 0.0893. The summed E-state index contributed by atoms with van der Waals surface area (Å²) < 4.78 is 10.5. The average molecular weight is 343 g/mol. The van der Waals surface area contributed by atoms with Gasteiger partial charge in [-0.3, -0.25) is 4.79 Å². The molecule has 0 atom stereocenters. The first-order valence-electron chi connectivity index (χ1n) is 7.30. The SMILES string of the molecule is COc1ccc(Cl)cc1NC(=O)Cc1cc(-c2ccccc2)on1. The molecule has 1 N–H and O–H groups in total. The summed E-state index contributed by atoms with van der Waals surface area (Å²) in [5, 5.41) is 7.22. The van der Waals surface area contributed by atoms with E-state index in [1.807, 2.05) is 30.3 Å². The molecule has 0 saturated carbocycles. The molecule has 0 aliphatic rings. The van der Waals surface area contributed by atoms with Crippen molar-refractivity contribution in [1.29, 1.82) is 0 Å². The van der Waals surface area contributed by atoms with Gasteiger partial charge >= 0.3 is 0 Å². The van der Waals surface area contributed by atoms with Gasteiger partial charge in [0.1, 0.15) is 5.75 Å². The smallest absolute Gasteiger partial charge is 0.230 e. The normalized spacial score (nSPS) is 10.4. The van der Waals surface area contributed by atoms with E-state index in [0.717, 1.165) is 5.56 Å². The fourth-order valence-corrected chi connectivity index (χ4v) is 2.44. The van der Waals surface area contributed by atoms with Crippen LogP contribution >= 0.6 is 11.6 Å². The van der Waals surface area contributed by atoms with Gasteiger partial charge in [0.05, 0.1) is 24.9 Å². The maximum atomic E-state index is 12.2. The third-order valence-corrected chi connectivity index (χ3v) is 3.63. The second-order valence-electron chi connectivity index (χ2n) is 5.12. The van der Waals surface area contributed by atoms with E-state index in [9.17, 15) is 4.79 Å². The summed E-state index contributed by atoms with van der Waals surface area (Å²) in [5.41, 5.74) is 1.97. The topological polar surface area (TPSA) is 64.4 Å². The van der Waals surface area contributed by atoms with Gasteiger partial charge in [0, 0.05) is 16.7 Å². The monoisotopic (exact) mass is 342 g/mol. The molecule has 0 aliphatic heterocycles. The lowest BCUT2D eigenvalue weighted by atomic mass is 10.1. The molecule has 0 saturated heterocycles. The molecule has 6 heteroatoms. The molecule has 0 spiro atoms. The highest BCUT2D eigenvalue weighted by molar-refractivity contribution is 6.31. The van der Waals surface area contributed by atoms with Crippen LogP contribution in [-0.4, -0.2) is 18.2 Å². The molecule has 1 aromatic heterocycles. The molecule has 0 aliphatic carbocycles. The van der Waals surface area contributed by atoms with E-state index in [4.69, 9.17) is 20.9 Å². The summed E-state index contributed by atoms with van der Waals surface area (Å²) in [4.78, 5) is 12.2. The van der Waals surface area contributed by atoms with Gasteiger partial charge < -0.3 is 14.6 Å². The van der Waals surface area contributed by atoms with Crippen molar-refractivity contribution in [2.75, 3.05) is 12.4 Å². The molecule has 2 aromatic carbocycles. The van der Waals surface area contributed by atoms with Gasteiger partial charge in [-0.15, -0.1) is 0 Å². The molecule has 1 heterocycles. The Morgan fingerprint density at radius 3 is 2.75 bits per heavy atom. The van der Waals surface area contributed by atoms with Crippen LogP contribution in [0.5, 0.6) is 5.75 Å². The summed E-state index contributed by atoms with van der Waals surface area (Å²) >= 11 is 5.95. The van der Waals surface area contributed by atoms with Crippen LogP contribution in [0.4, 0.5) is 5.69 Å². The van der Waals surface area contributed by atoms with E-state index in [-0.39, 0.29) is 12.3 Å². The number of nitrogens with zero attached hydrogens (tertiary/aromatic N) is 1. The Kier molecular flexibility index (Phi) is 4.82. The average Bonchev–Trinajstić information content (AvgIpc) is 3.04. The van der Waals surface area contributed by atoms with Gasteiger partial charge in [-0.05, 0) is 18.2 Å². The molecule has 122 valence electrons. The van der Waals surface area contributed by atoms with Crippen LogP contribution in [-0.2, 0) is 11.2 Å². The standard InChI is InChI=1S/C18H15ClN2O3/c1-23-16-8-7-13(19)9-15(16)20-18(22)11-14-10-17(24-21-14)12-5-3-2-4-6-12/h2-10H,11H2,1H3,(H,20,22). The first kappa shape index (κ1) is 16.1. The fraction of sp³-hybridized carbons (Fsp3) is 0.111. The Bertz CT molecular complexity index is 846. The van der Waals surface area contributed by atoms with Crippen molar-refractivity contribution in [3.05, 3.63) is 65.3 Å². The molecule has 24 heavy (non-hydrogen) atoms. The van der Waals surface area contributed by atoms with Crippen molar-refractivity contribution >= 4 is 23.2 Å². The molecule has 0 fully saturated rings. The van der Waals surface area contributed by atoms with Crippen LogP contribution in [0, 0.1) is 0 Å². The quantitative estimate of drug-likeness (QED) is 0.755. The fourth-order valence-electron chi connectivity index (χ4n) is 2.27. The largest absolute Gasteiger partial charge is 0.495 e. The van der Waals surface area contributed by atoms with Gasteiger partial charge in [0.15, 0.2) is 5.76 Å². The second kappa shape index (κ2) is 7.19. The van der Waals surface area contributed by atoms with E-state index in [1.54, 1.807) is 24.3 Å².